The molecule has 1 aliphatic heterocycles. The number of benzene rings is 1. The monoisotopic (exact) mass is 295 g/mol. The van der Waals surface area contributed by atoms with Crippen LogP contribution in [0.15, 0.2) is 22.7 Å². The number of anilines is 1. The van der Waals surface area contributed by atoms with Gasteiger partial charge in [-0.1, -0.05) is 29.8 Å². The Labute approximate surface area is 111 Å². The first-order chi connectivity index (χ1) is 8.13. The second kappa shape index (κ2) is 4.20. The van der Waals surface area contributed by atoms with Gasteiger partial charge in [0.25, 0.3) is 0 Å². The number of fused-ring (bicyclic) bond motifs is 2. The lowest BCUT2D eigenvalue weighted by Gasteiger charge is -2.43. The van der Waals surface area contributed by atoms with E-state index >= 15 is 0 Å². The van der Waals surface area contributed by atoms with Crippen LogP contribution in [0.2, 0.25) is 0 Å². The highest BCUT2D eigenvalue weighted by molar-refractivity contribution is 9.10. The van der Waals surface area contributed by atoms with Crippen molar-refractivity contribution in [3.05, 3.63) is 22.7 Å². The van der Waals surface area contributed by atoms with Crippen molar-refractivity contribution in [3.8, 4) is 5.75 Å². The Morgan fingerprint density at radius 3 is 2.94 bits per heavy atom. The molecule has 0 spiro atoms. The molecule has 0 saturated heterocycles. The molecule has 4 atom stereocenters. The van der Waals surface area contributed by atoms with Gasteiger partial charge in [0, 0.05) is 4.47 Å². The summed E-state index contributed by atoms with van der Waals surface area (Å²) in [5.41, 5.74) is 1.13. The summed E-state index contributed by atoms with van der Waals surface area (Å²) < 4.78 is 7.25. The van der Waals surface area contributed by atoms with Gasteiger partial charge in [0.2, 0.25) is 0 Å². The van der Waals surface area contributed by atoms with Crippen molar-refractivity contribution in [2.24, 2.45) is 11.8 Å². The lowest BCUT2D eigenvalue weighted by atomic mass is 9.77. The lowest BCUT2D eigenvalue weighted by molar-refractivity contribution is 0.0776. The van der Waals surface area contributed by atoms with E-state index in [1.165, 1.54) is 6.42 Å². The molecular weight excluding hydrogens is 278 g/mol. The summed E-state index contributed by atoms with van der Waals surface area (Å²) in [5, 5.41) is 3.66. The summed E-state index contributed by atoms with van der Waals surface area (Å²) in [4.78, 5) is 0. The van der Waals surface area contributed by atoms with Gasteiger partial charge < -0.3 is 10.1 Å². The van der Waals surface area contributed by atoms with Crippen LogP contribution in [-0.4, -0.2) is 12.1 Å². The summed E-state index contributed by atoms with van der Waals surface area (Å²) in [7, 11) is 0. The van der Waals surface area contributed by atoms with Gasteiger partial charge in [-0.25, -0.2) is 0 Å². The Kier molecular flexibility index (Phi) is 2.81. The van der Waals surface area contributed by atoms with E-state index in [4.69, 9.17) is 4.74 Å². The number of hydrogen-bond acceptors (Lipinski definition) is 2. The van der Waals surface area contributed by atoms with E-state index in [1.54, 1.807) is 0 Å². The van der Waals surface area contributed by atoms with Crippen LogP contribution in [0.1, 0.15) is 26.7 Å². The van der Waals surface area contributed by atoms with Crippen LogP contribution >= 0.6 is 15.9 Å². The van der Waals surface area contributed by atoms with Crippen molar-refractivity contribution >= 4 is 21.6 Å². The topological polar surface area (TPSA) is 21.3 Å². The van der Waals surface area contributed by atoms with Gasteiger partial charge in [0.15, 0.2) is 0 Å². The molecule has 1 saturated carbocycles. The molecule has 1 heterocycles. The van der Waals surface area contributed by atoms with Gasteiger partial charge in [0.1, 0.15) is 11.9 Å². The van der Waals surface area contributed by atoms with Gasteiger partial charge >= 0.3 is 0 Å². The second-order valence-corrected chi connectivity index (χ2v) is 6.44. The third-order valence-corrected chi connectivity index (χ3v) is 4.46. The maximum Gasteiger partial charge on any atom is 0.143 e. The molecule has 3 rings (SSSR count). The molecule has 1 aliphatic carbocycles. The van der Waals surface area contributed by atoms with Gasteiger partial charge in [-0.05, 0) is 42.9 Å². The molecule has 1 aromatic rings. The molecule has 0 radical (unpaired) electrons. The third-order valence-electron chi connectivity index (χ3n) is 3.96. The van der Waals surface area contributed by atoms with Gasteiger partial charge in [-0.15, -0.1) is 0 Å². The van der Waals surface area contributed by atoms with Crippen molar-refractivity contribution in [2.75, 3.05) is 5.32 Å². The molecule has 1 N–H and O–H groups in total. The lowest BCUT2D eigenvalue weighted by Crippen LogP contribution is -2.49. The molecule has 2 nitrogen and oxygen atoms in total. The van der Waals surface area contributed by atoms with Crippen LogP contribution in [0.3, 0.4) is 0 Å². The Hall–Kier alpha value is -0.700. The Balaban J connectivity index is 1.91. The van der Waals surface area contributed by atoms with Crippen molar-refractivity contribution in [3.63, 3.8) is 0 Å². The summed E-state index contributed by atoms with van der Waals surface area (Å²) >= 11 is 3.51. The molecule has 0 amide bonds. The van der Waals surface area contributed by atoms with E-state index in [-0.39, 0.29) is 0 Å². The fourth-order valence-corrected chi connectivity index (χ4v) is 3.57. The van der Waals surface area contributed by atoms with Crippen LogP contribution in [0.5, 0.6) is 5.75 Å². The van der Waals surface area contributed by atoms with Crippen molar-refractivity contribution in [1.82, 2.24) is 0 Å². The van der Waals surface area contributed by atoms with Gasteiger partial charge in [-0.2, -0.15) is 0 Å². The smallest absolute Gasteiger partial charge is 0.143 e. The quantitative estimate of drug-likeness (QED) is 0.779. The zero-order valence-electron chi connectivity index (χ0n) is 10.2. The molecule has 4 unspecified atom stereocenters. The zero-order chi connectivity index (χ0) is 12.0. The van der Waals surface area contributed by atoms with Crippen LogP contribution in [0, 0.1) is 11.8 Å². The summed E-state index contributed by atoms with van der Waals surface area (Å²) in [6, 6.07) is 6.66. The summed E-state index contributed by atoms with van der Waals surface area (Å²) in [5.74, 6) is 2.44. The van der Waals surface area contributed by atoms with Crippen LogP contribution in [-0.2, 0) is 0 Å². The minimum absolute atomic E-state index is 0.336. The van der Waals surface area contributed by atoms with Crippen molar-refractivity contribution in [1.29, 1.82) is 0 Å². The fraction of sp³-hybridized carbons (Fsp3) is 0.571. The van der Waals surface area contributed by atoms with Crippen molar-refractivity contribution < 1.29 is 4.74 Å². The number of nitrogens with one attached hydrogen (secondary N) is 1. The van der Waals surface area contributed by atoms with E-state index in [2.05, 4.69) is 41.2 Å². The normalized spacial score (nSPS) is 35.2. The highest BCUT2D eigenvalue weighted by Crippen LogP contribution is 2.41. The second-order valence-electron chi connectivity index (χ2n) is 5.52. The Bertz CT molecular complexity index is 434. The summed E-state index contributed by atoms with van der Waals surface area (Å²) in [6.07, 6.45) is 2.79. The highest BCUT2D eigenvalue weighted by atomic mass is 79.9. The molecule has 0 bridgehead atoms. The standard InChI is InChI=1S/C14H18BrNO/c1-8-5-9(2)14-13(6-8)17-12-4-3-10(15)7-11(12)16-14/h3-4,7-9,13-14,16H,5-6H2,1-2H3. The summed E-state index contributed by atoms with van der Waals surface area (Å²) in [6.45, 7) is 4.65. The minimum Gasteiger partial charge on any atom is -0.486 e. The predicted octanol–water partition coefficient (Wildman–Crippen LogP) is 4.06. The Morgan fingerprint density at radius 2 is 2.12 bits per heavy atom. The molecule has 0 aromatic heterocycles. The first-order valence-corrected chi connectivity index (χ1v) is 7.15. The average Bonchev–Trinajstić information content (AvgIpc) is 2.27. The van der Waals surface area contributed by atoms with Crippen LogP contribution < -0.4 is 10.1 Å². The van der Waals surface area contributed by atoms with Crippen LogP contribution in [0.4, 0.5) is 5.69 Å². The molecule has 1 fully saturated rings. The molecule has 2 aliphatic rings. The first kappa shape index (κ1) is 11.4. The predicted molar refractivity (Wildman–Crippen MR) is 73.5 cm³/mol. The largest absolute Gasteiger partial charge is 0.486 e. The van der Waals surface area contributed by atoms with E-state index in [0.717, 1.165) is 28.2 Å². The minimum atomic E-state index is 0.336. The zero-order valence-corrected chi connectivity index (χ0v) is 11.8. The number of ether oxygens (including phenoxy) is 1. The molecule has 92 valence electrons. The maximum atomic E-state index is 6.15. The third kappa shape index (κ3) is 2.05. The maximum absolute atomic E-state index is 6.15. The Morgan fingerprint density at radius 1 is 1.29 bits per heavy atom. The number of halogens is 1. The molecule has 1 aromatic carbocycles. The molecular formula is C14H18BrNO. The fourth-order valence-electron chi connectivity index (χ4n) is 3.20. The molecule has 3 heteroatoms. The van der Waals surface area contributed by atoms with Gasteiger partial charge in [-0.3, -0.25) is 0 Å². The average molecular weight is 296 g/mol. The van der Waals surface area contributed by atoms with E-state index < -0.39 is 0 Å². The number of rotatable bonds is 0. The van der Waals surface area contributed by atoms with E-state index in [1.807, 2.05) is 12.1 Å². The number of hydrogen-bond donors (Lipinski definition) is 1. The van der Waals surface area contributed by atoms with Crippen LogP contribution in [0.25, 0.3) is 0 Å². The molecule has 17 heavy (non-hydrogen) atoms. The van der Waals surface area contributed by atoms with E-state index in [9.17, 15) is 0 Å². The highest BCUT2D eigenvalue weighted by Gasteiger charge is 2.38. The SMILES string of the molecule is CC1CC(C)C2Nc3cc(Br)ccc3OC2C1. The first-order valence-electron chi connectivity index (χ1n) is 6.36. The van der Waals surface area contributed by atoms with E-state index in [0.29, 0.717) is 18.1 Å². The van der Waals surface area contributed by atoms with Crippen molar-refractivity contribution in [2.45, 2.75) is 38.8 Å². The van der Waals surface area contributed by atoms with Gasteiger partial charge in [0.05, 0.1) is 11.7 Å².